The zero-order chi connectivity index (χ0) is 24.3. The number of amides is 2. The highest BCUT2D eigenvalue weighted by Crippen LogP contribution is 2.41. The summed E-state index contributed by atoms with van der Waals surface area (Å²) < 4.78 is 5.97. The molecule has 2 aliphatic rings. The number of rotatable bonds is 5. The number of aromatic nitrogens is 1. The Balaban J connectivity index is 1.09. The molecule has 1 N–H and O–H groups in total. The van der Waals surface area contributed by atoms with Crippen molar-refractivity contribution in [3.63, 3.8) is 0 Å². The average Bonchev–Trinajstić information content (AvgIpc) is 2.85. The molecule has 3 heterocycles. The molecule has 1 aromatic heterocycles. The number of anilines is 1. The Bertz CT molecular complexity index is 1220. The van der Waals surface area contributed by atoms with Crippen molar-refractivity contribution in [3.05, 3.63) is 83.1 Å². The number of piperidine rings is 1. The number of urea groups is 1. The third-order valence-corrected chi connectivity index (χ3v) is 6.99. The summed E-state index contributed by atoms with van der Waals surface area (Å²) in [6.07, 6.45) is 3.67. The standard InChI is InChI=1S/C27H26ClN5O2/c28-21-4-8-24(9-5-21)35-25-3-1-2-20(14-25)17-32-12-10-27(11-13-32)18-33(19-27)26(34)31-23-7-6-22(15-29)30-16-23/h1-9,14,16H,10-13,17-19H2,(H,31,34). The van der Waals surface area contributed by atoms with Crippen LogP contribution in [0.4, 0.5) is 10.5 Å². The molecule has 0 aliphatic carbocycles. The van der Waals surface area contributed by atoms with Gasteiger partial charge >= 0.3 is 6.03 Å². The lowest BCUT2D eigenvalue weighted by atomic mass is 9.72. The second-order valence-electron chi connectivity index (χ2n) is 9.31. The Morgan fingerprint density at radius 1 is 1.09 bits per heavy atom. The molecular formula is C27H26ClN5O2. The summed E-state index contributed by atoms with van der Waals surface area (Å²) in [5, 5.41) is 12.4. The van der Waals surface area contributed by atoms with Crippen LogP contribution in [-0.2, 0) is 6.54 Å². The Morgan fingerprint density at radius 2 is 1.86 bits per heavy atom. The molecule has 2 aromatic carbocycles. The van der Waals surface area contributed by atoms with E-state index in [0.717, 1.165) is 57.1 Å². The van der Waals surface area contributed by atoms with E-state index in [2.05, 4.69) is 27.3 Å². The number of likely N-dealkylation sites (tertiary alicyclic amines) is 2. The quantitative estimate of drug-likeness (QED) is 0.511. The minimum atomic E-state index is -0.109. The van der Waals surface area contributed by atoms with E-state index in [9.17, 15) is 4.79 Å². The summed E-state index contributed by atoms with van der Waals surface area (Å²) in [4.78, 5) is 20.9. The van der Waals surface area contributed by atoms with Gasteiger partial charge in [-0.15, -0.1) is 0 Å². The normalized spacial score (nSPS) is 16.9. The number of nitrogens with one attached hydrogen (secondary N) is 1. The largest absolute Gasteiger partial charge is 0.457 e. The molecule has 7 nitrogen and oxygen atoms in total. The number of benzene rings is 2. The molecule has 0 bridgehead atoms. The van der Waals surface area contributed by atoms with Crippen LogP contribution in [0.5, 0.6) is 11.5 Å². The van der Waals surface area contributed by atoms with Crippen molar-refractivity contribution in [2.75, 3.05) is 31.5 Å². The van der Waals surface area contributed by atoms with E-state index in [0.29, 0.717) is 16.4 Å². The fourth-order valence-electron chi connectivity index (χ4n) is 4.75. The fourth-order valence-corrected chi connectivity index (χ4v) is 4.88. The zero-order valence-corrected chi connectivity index (χ0v) is 20.0. The topological polar surface area (TPSA) is 81.5 Å². The number of hydrogen-bond acceptors (Lipinski definition) is 5. The SMILES string of the molecule is N#Cc1ccc(NC(=O)N2CC3(CCN(Cc4cccc(Oc5ccc(Cl)cc5)c4)CC3)C2)cn1. The number of carbonyl (C=O) groups excluding carboxylic acids is 1. The third-order valence-electron chi connectivity index (χ3n) is 6.74. The van der Waals surface area contributed by atoms with Gasteiger partial charge < -0.3 is 15.0 Å². The Labute approximate surface area is 209 Å². The summed E-state index contributed by atoms with van der Waals surface area (Å²) in [7, 11) is 0. The summed E-state index contributed by atoms with van der Waals surface area (Å²) in [5.74, 6) is 1.58. The smallest absolute Gasteiger partial charge is 0.321 e. The number of nitriles is 1. The summed E-state index contributed by atoms with van der Waals surface area (Å²) in [6, 6.07) is 20.7. The van der Waals surface area contributed by atoms with Crippen molar-refractivity contribution >= 4 is 23.3 Å². The van der Waals surface area contributed by atoms with Crippen LogP contribution in [-0.4, -0.2) is 47.0 Å². The van der Waals surface area contributed by atoms with Crippen LogP contribution < -0.4 is 10.1 Å². The zero-order valence-electron chi connectivity index (χ0n) is 19.3. The van der Waals surface area contributed by atoms with Gasteiger partial charge in [-0.05, 0) is 80.0 Å². The van der Waals surface area contributed by atoms with Gasteiger partial charge in [-0.2, -0.15) is 5.26 Å². The number of halogens is 1. The predicted octanol–water partition coefficient (Wildman–Crippen LogP) is 5.53. The van der Waals surface area contributed by atoms with Crippen molar-refractivity contribution in [3.8, 4) is 17.6 Å². The van der Waals surface area contributed by atoms with E-state index < -0.39 is 0 Å². The first-order valence-electron chi connectivity index (χ1n) is 11.7. The number of pyridine rings is 1. The minimum Gasteiger partial charge on any atom is -0.457 e. The lowest BCUT2D eigenvalue weighted by Gasteiger charge is -2.53. The van der Waals surface area contributed by atoms with Crippen molar-refractivity contribution in [1.82, 2.24) is 14.8 Å². The average molecular weight is 488 g/mol. The highest BCUT2D eigenvalue weighted by Gasteiger charge is 2.46. The van der Waals surface area contributed by atoms with Crippen molar-refractivity contribution in [1.29, 1.82) is 5.26 Å². The molecule has 0 unspecified atom stereocenters. The number of hydrogen-bond donors (Lipinski definition) is 1. The van der Waals surface area contributed by atoms with Gasteiger partial charge in [0.15, 0.2) is 0 Å². The van der Waals surface area contributed by atoms with Crippen molar-refractivity contribution in [2.24, 2.45) is 5.41 Å². The molecule has 5 rings (SSSR count). The number of ether oxygens (including phenoxy) is 1. The maximum absolute atomic E-state index is 12.6. The van der Waals surface area contributed by atoms with E-state index in [-0.39, 0.29) is 11.4 Å². The molecule has 178 valence electrons. The second-order valence-corrected chi connectivity index (χ2v) is 9.75. The van der Waals surface area contributed by atoms with Gasteiger partial charge in [-0.3, -0.25) is 4.90 Å². The van der Waals surface area contributed by atoms with Gasteiger partial charge in [0, 0.05) is 30.1 Å². The molecular weight excluding hydrogens is 462 g/mol. The van der Waals surface area contributed by atoms with Gasteiger partial charge in [0.05, 0.1) is 11.9 Å². The Hall–Kier alpha value is -3.60. The van der Waals surface area contributed by atoms with Crippen LogP contribution in [0.3, 0.4) is 0 Å². The van der Waals surface area contributed by atoms with E-state index in [1.54, 1.807) is 12.1 Å². The maximum Gasteiger partial charge on any atom is 0.321 e. The highest BCUT2D eigenvalue weighted by atomic mass is 35.5. The van der Waals surface area contributed by atoms with Crippen LogP contribution in [0, 0.1) is 16.7 Å². The van der Waals surface area contributed by atoms with Gasteiger partial charge in [0.2, 0.25) is 0 Å². The first-order chi connectivity index (χ1) is 17.0. The first kappa shape index (κ1) is 23.2. The third kappa shape index (κ3) is 5.56. The molecule has 0 atom stereocenters. The van der Waals surface area contributed by atoms with Crippen LogP contribution >= 0.6 is 11.6 Å². The van der Waals surface area contributed by atoms with Crippen molar-refractivity contribution < 1.29 is 9.53 Å². The van der Waals surface area contributed by atoms with Crippen LogP contribution in [0.2, 0.25) is 5.02 Å². The van der Waals surface area contributed by atoms with Gasteiger partial charge in [0.1, 0.15) is 23.3 Å². The molecule has 3 aromatic rings. The van der Waals surface area contributed by atoms with E-state index >= 15 is 0 Å². The summed E-state index contributed by atoms with van der Waals surface area (Å²) >= 11 is 5.95. The monoisotopic (exact) mass is 487 g/mol. The maximum atomic E-state index is 12.6. The van der Waals surface area contributed by atoms with Crippen molar-refractivity contribution in [2.45, 2.75) is 19.4 Å². The fraction of sp³-hybridized carbons (Fsp3) is 0.296. The first-order valence-corrected chi connectivity index (χ1v) is 12.0. The van der Waals surface area contributed by atoms with E-state index in [4.69, 9.17) is 21.6 Å². The number of nitrogens with zero attached hydrogens (tertiary/aromatic N) is 4. The molecule has 2 amide bonds. The van der Waals surface area contributed by atoms with Crippen LogP contribution in [0.1, 0.15) is 24.1 Å². The Morgan fingerprint density at radius 3 is 2.54 bits per heavy atom. The van der Waals surface area contributed by atoms with E-state index in [1.165, 1.54) is 11.8 Å². The lowest BCUT2D eigenvalue weighted by Crippen LogP contribution is -2.62. The Kier molecular flexibility index (Phi) is 6.58. The lowest BCUT2D eigenvalue weighted by molar-refractivity contribution is -0.0200. The molecule has 2 fully saturated rings. The van der Waals surface area contributed by atoms with Crippen LogP contribution in [0.15, 0.2) is 66.9 Å². The molecule has 2 saturated heterocycles. The van der Waals surface area contributed by atoms with Gasteiger partial charge in [-0.1, -0.05) is 23.7 Å². The summed E-state index contributed by atoms with van der Waals surface area (Å²) in [6.45, 7) is 4.46. The molecule has 1 spiro atoms. The molecule has 0 saturated carbocycles. The molecule has 2 aliphatic heterocycles. The molecule has 35 heavy (non-hydrogen) atoms. The second kappa shape index (κ2) is 9.95. The molecule has 8 heteroatoms. The molecule has 0 radical (unpaired) electrons. The van der Waals surface area contributed by atoms with Gasteiger partial charge in [-0.25, -0.2) is 9.78 Å². The highest BCUT2D eigenvalue weighted by molar-refractivity contribution is 6.30. The predicted molar refractivity (Wildman–Crippen MR) is 134 cm³/mol. The van der Waals surface area contributed by atoms with Gasteiger partial charge in [0.25, 0.3) is 0 Å². The van der Waals surface area contributed by atoms with Crippen LogP contribution in [0.25, 0.3) is 0 Å². The van der Waals surface area contributed by atoms with E-state index in [1.807, 2.05) is 47.4 Å². The summed E-state index contributed by atoms with van der Waals surface area (Å²) in [5.41, 5.74) is 2.37. The number of carbonyl (C=O) groups is 1. The minimum absolute atomic E-state index is 0.109.